The second-order valence-corrected chi connectivity index (χ2v) is 4.60. The van der Waals surface area contributed by atoms with E-state index in [1.54, 1.807) is 0 Å². The maximum atomic E-state index is 13.1. The van der Waals surface area contributed by atoms with Crippen molar-refractivity contribution in [1.29, 1.82) is 0 Å². The third-order valence-corrected chi connectivity index (χ3v) is 2.81. The molecular weight excluding hydrogens is 298 g/mol. The third kappa shape index (κ3) is 4.66. The smallest absolute Gasteiger partial charge is 0.303 e. The molecular formula is C11H11Cl2FN2O3. The van der Waals surface area contributed by atoms with E-state index in [0.717, 1.165) is 0 Å². The van der Waals surface area contributed by atoms with Gasteiger partial charge in [-0.3, -0.25) is 9.59 Å². The molecule has 1 aromatic carbocycles. The molecule has 1 rings (SSSR count). The van der Waals surface area contributed by atoms with E-state index in [0.29, 0.717) is 0 Å². The van der Waals surface area contributed by atoms with Gasteiger partial charge in [-0.15, -0.1) is 0 Å². The van der Waals surface area contributed by atoms with Gasteiger partial charge in [-0.1, -0.05) is 23.2 Å². The van der Waals surface area contributed by atoms with Crippen molar-refractivity contribution in [2.75, 3.05) is 5.32 Å². The van der Waals surface area contributed by atoms with E-state index >= 15 is 0 Å². The van der Waals surface area contributed by atoms with Crippen molar-refractivity contribution in [2.45, 2.75) is 18.9 Å². The summed E-state index contributed by atoms with van der Waals surface area (Å²) < 4.78 is 13.1. The predicted molar refractivity (Wildman–Crippen MR) is 69.9 cm³/mol. The molecule has 0 fully saturated rings. The average Bonchev–Trinajstić information content (AvgIpc) is 2.32. The Morgan fingerprint density at radius 1 is 1.37 bits per heavy atom. The number of carbonyl (C=O) groups excluding carboxylic acids is 1. The maximum Gasteiger partial charge on any atom is 0.303 e. The molecule has 0 bridgehead atoms. The summed E-state index contributed by atoms with van der Waals surface area (Å²) in [5, 5.41) is 10.4. The van der Waals surface area contributed by atoms with Crippen LogP contribution < -0.4 is 11.1 Å². The van der Waals surface area contributed by atoms with Crippen LogP contribution in [-0.4, -0.2) is 23.0 Å². The molecule has 0 saturated carbocycles. The highest BCUT2D eigenvalue weighted by Crippen LogP contribution is 2.27. The number of benzene rings is 1. The van der Waals surface area contributed by atoms with Crippen molar-refractivity contribution in [3.8, 4) is 0 Å². The first-order valence-electron chi connectivity index (χ1n) is 5.24. The monoisotopic (exact) mass is 308 g/mol. The van der Waals surface area contributed by atoms with Crippen LogP contribution in [0, 0.1) is 5.82 Å². The largest absolute Gasteiger partial charge is 0.481 e. The van der Waals surface area contributed by atoms with Crippen LogP contribution >= 0.6 is 23.2 Å². The Balaban J connectivity index is 2.69. The molecule has 8 heteroatoms. The number of halogens is 3. The van der Waals surface area contributed by atoms with Crippen LogP contribution in [0.15, 0.2) is 12.1 Å². The number of anilines is 1. The Morgan fingerprint density at radius 2 is 1.89 bits per heavy atom. The van der Waals surface area contributed by atoms with Gasteiger partial charge in [0.05, 0.1) is 16.1 Å². The van der Waals surface area contributed by atoms with Crippen LogP contribution in [0.25, 0.3) is 0 Å². The fourth-order valence-corrected chi connectivity index (χ4v) is 1.76. The standard InChI is InChI=1S/C11H11Cl2FN2O3/c12-6-3-5(4-7(13)10(6)14)16-11(19)8(15)1-2-9(17)18/h3-4,8H,1-2,15H2,(H,16,19)(H,17,18). The van der Waals surface area contributed by atoms with Crippen molar-refractivity contribution in [1.82, 2.24) is 0 Å². The van der Waals surface area contributed by atoms with Crippen LogP contribution in [0.3, 0.4) is 0 Å². The normalized spacial score (nSPS) is 12.0. The molecule has 5 nitrogen and oxygen atoms in total. The molecule has 0 aliphatic rings. The molecule has 0 aromatic heterocycles. The molecule has 1 atom stereocenters. The quantitative estimate of drug-likeness (QED) is 0.727. The van der Waals surface area contributed by atoms with Crippen LogP contribution in [0.1, 0.15) is 12.8 Å². The van der Waals surface area contributed by atoms with Gasteiger partial charge in [0.1, 0.15) is 0 Å². The number of hydrogen-bond acceptors (Lipinski definition) is 3. The number of carboxylic acid groups (broad SMARTS) is 1. The lowest BCUT2D eigenvalue weighted by Crippen LogP contribution is -2.36. The van der Waals surface area contributed by atoms with E-state index in [-0.39, 0.29) is 28.6 Å². The fourth-order valence-electron chi connectivity index (χ4n) is 1.27. The van der Waals surface area contributed by atoms with E-state index in [2.05, 4.69) is 5.32 Å². The number of amides is 1. The summed E-state index contributed by atoms with van der Waals surface area (Å²) in [6, 6.07) is 1.38. The summed E-state index contributed by atoms with van der Waals surface area (Å²) in [7, 11) is 0. The van der Waals surface area contributed by atoms with Gasteiger partial charge in [0.2, 0.25) is 5.91 Å². The zero-order chi connectivity index (χ0) is 14.6. The SMILES string of the molecule is NC(CCC(=O)O)C(=O)Nc1cc(Cl)c(F)c(Cl)c1. The van der Waals surface area contributed by atoms with E-state index in [4.69, 9.17) is 34.0 Å². The summed E-state index contributed by atoms with van der Waals surface area (Å²) in [4.78, 5) is 22.0. The first kappa shape index (κ1) is 15.7. The second kappa shape index (κ2) is 6.70. The highest BCUT2D eigenvalue weighted by atomic mass is 35.5. The first-order chi connectivity index (χ1) is 8.81. The van der Waals surface area contributed by atoms with E-state index in [9.17, 15) is 14.0 Å². The van der Waals surface area contributed by atoms with Crippen LogP contribution in [0.2, 0.25) is 10.0 Å². The van der Waals surface area contributed by atoms with Gasteiger partial charge in [0.25, 0.3) is 0 Å². The first-order valence-corrected chi connectivity index (χ1v) is 5.99. The minimum absolute atomic E-state index is 0.0101. The van der Waals surface area contributed by atoms with Gasteiger partial charge in [0.15, 0.2) is 5.82 Å². The van der Waals surface area contributed by atoms with Gasteiger partial charge in [-0.2, -0.15) is 0 Å². The van der Waals surface area contributed by atoms with E-state index in [1.165, 1.54) is 12.1 Å². The van der Waals surface area contributed by atoms with Gasteiger partial charge >= 0.3 is 5.97 Å². The van der Waals surface area contributed by atoms with Crippen molar-refractivity contribution in [3.05, 3.63) is 28.0 Å². The minimum atomic E-state index is -1.05. The van der Waals surface area contributed by atoms with Gasteiger partial charge in [-0.25, -0.2) is 4.39 Å². The molecule has 0 saturated heterocycles. The summed E-state index contributed by atoms with van der Waals surface area (Å²) >= 11 is 11.1. The highest BCUT2D eigenvalue weighted by Gasteiger charge is 2.16. The van der Waals surface area contributed by atoms with Crippen molar-refractivity contribution in [3.63, 3.8) is 0 Å². The van der Waals surface area contributed by atoms with Gasteiger partial charge in [0, 0.05) is 12.1 Å². The Hall–Kier alpha value is -1.37. The molecule has 4 N–H and O–H groups in total. The summed E-state index contributed by atoms with van der Waals surface area (Å²) in [5.41, 5.74) is 5.69. The number of nitrogens with two attached hydrogens (primary N) is 1. The summed E-state index contributed by atoms with van der Waals surface area (Å²) in [6.07, 6.45) is -0.233. The Bertz CT molecular complexity index is 488. The fraction of sp³-hybridized carbons (Fsp3) is 0.273. The van der Waals surface area contributed by atoms with Gasteiger partial charge < -0.3 is 16.2 Å². The summed E-state index contributed by atoms with van der Waals surface area (Å²) in [6.45, 7) is 0. The molecule has 1 amide bonds. The van der Waals surface area contributed by atoms with Crippen molar-refractivity contribution < 1.29 is 19.1 Å². The van der Waals surface area contributed by atoms with Crippen molar-refractivity contribution in [2.24, 2.45) is 5.73 Å². The third-order valence-electron chi connectivity index (χ3n) is 2.26. The van der Waals surface area contributed by atoms with Gasteiger partial charge in [-0.05, 0) is 18.6 Å². The molecule has 104 valence electrons. The van der Waals surface area contributed by atoms with Crippen LogP contribution in [-0.2, 0) is 9.59 Å². The number of aliphatic carboxylic acids is 1. The highest BCUT2D eigenvalue weighted by molar-refractivity contribution is 6.35. The Kier molecular flexibility index (Phi) is 5.53. The van der Waals surface area contributed by atoms with E-state index in [1.807, 2.05) is 0 Å². The number of hydrogen-bond donors (Lipinski definition) is 3. The van der Waals surface area contributed by atoms with Crippen molar-refractivity contribution >= 4 is 40.8 Å². The molecule has 0 aliphatic carbocycles. The second-order valence-electron chi connectivity index (χ2n) is 3.78. The van der Waals surface area contributed by atoms with E-state index < -0.39 is 23.7 Å². The number of nitrogens with one attached hydrogen (secondary N) is 1. The van der Waals surface area contributed by atoms with Crippen LogP contribution in [0.4, 0.5) is 10.1 Å². The molecule has 0 heterocycles. The zero-order valence-electron chi connectivity index (χ0n) is 9.62. The lowest BCUT2D eigenvalue weighted by Gasteiger charge is -2.12. The zero-order valence-corrected chi connectivity index (χ0v) is 11.1. The number of carboxylic acids is 1. The number of rotatable bonds is 5. The lowest BCUT2D eigenvalue weighted by atomic mass is 10.1. The van der Waals surface area contributed by atoms with Crippen LogP contribution in [0.5, 0.6) is 0 Å². The Morgan fingerprint density at radius 3 is 2.37 bits per heavy atom. The maximum absolute atomic E-state index is 13.1. The molecule has 1 unspecified atom stereocenters. The average molecular weight is 309 g/mol. The summed E-state index contributed by atoms with van der Waals surface area (Å²) in [5.74, 6) is -2.42. The topological polar surface area (TPSA) is 92.4 Å². The molecule has 0 aliphatic heterocycles. The predicted octanol–water partition coefficient (Wildman–Crippen LogP) is 2.26. The molecule has 19 heavy (non-hydrogen) atoms. The minimum Gasteiger partial charge on any atom is -0.481 e. The molecule has 1 aromatic rings. The lowest BCUT2D eigenvalue weighted by molar-refractivity contribution is -0.137. The molecule has 0 radical (unpaired) electrons. The Labute approximate surface area is 118 Å². The molecule has 0 spiro atoms. The number of carbonyl (C=O) groups is 2.